The minimum Gasteiger partial charge on any atom is -0.378 e. The number of carbonyl (C=O) groups excluding carboxylic acids is 1. The van der Waals surface area contributed by atoms with Crippen LogP contribution in [0.1, 0.15) is 14.5 Å². The van der Waals surface area contributed by atoms with E-state index in [-0.39, 0.29) is 5.78 Å². The molecule has 4 nitrogen and oxygen atoms in total. The van der Waals surface area contributed by atoms with Crippen LogP contribution in [0.4, 0.5) is 5.13 Å². The Kier molecular flexibility index (Phi) is 4.42. The number of carbonyl (C=O) groups is 1. The molecule has 1 aliphatic heterocycles. The number of morpholine rings is 1. The summed E-state index contributed by atoms with van der Waals surface area (Å²) in [6.45, 7) is 3.03. The van der Waals surface area contributed by atoms with Crippen LogP contribution in [-0.4, -0.2) is 37.1 Å². The van der Waals surface area contributed by atoms with Gasteiger partial charge in [0, 0.05) is 18.7 Å². The van der Waals surface area contributed by atoms with Gasteiger partial charge in [0.05, 0.1) is 23.8 Å². The molecule has 3 heterocycles. The fourth-order valence-electron chi connectivity index (χ4n) is 2.66. The van der Waals surface area contributed by atoms with Gasteiger partial charge in [0.15, 0.2) is 5.13 Å². The van der Waals surface area contributed by atoms with Crippen molar-refractivity contribution in [2.75, 3.05) is 31.2 Å². The number of thiazole rings is 1. The summed E-state index contributed by atoms with van der Waals surface area (Å²) in [5.41, 5.74) is 1.76. The van der Waals surface area contributed by atoms with Crippen molar-refractivity contribution < 1.29 is 9.53 Å². The molecule has 122 valence electrons. The summed E-state index contributed by atoms with van der Waals surface area (Å²) >= 11 is 2.95. The molecule has 4 rings (SSSR count). The van der Waals surface area contributed by atoms with Crippen LogP contribution in [-0.2, 0) is 4.74 Å². The number of anilines is 1. The normalized spacial score (nSPS) is 14.8. The largest absolute Gasteiger partial charge is 0.378 e. The monoisotopic (exact) mass is 356 g/mol. The molecule has 0 aliphatic carbocycles. The summed E-state index contributed by atoms with van der Waals surface area (Å²) in [6, 6.07) is 13.7. The molecule has 0 radical (unpaired) electrons. The van der Waals surface area contributed by atoms with Gasteiger partial charge >= 0.3 is 0 Å². The van der Waals surface area contributed by atoms with E-state index >= 15 is 0 Å². The quantitative estimate of drug-likeness (QED) is 0.664. The van der Waals surface area contributed by atoms with Crippen LogP contribution >= 0.6 is 22.7 Å². The lowest BCUT2D eigenvalue weighted by atomic mass is 10.1. The van der Waals surface area contributed by atoms with E-state index in [0.29, 0.717) is 18.1 Å². The van der Waals surface area contributed by atoms with E-state index in [1.165, 1.54) is 22.7 Å². The predicted molar refractivity (Wildman–Crippen MR) is 98.3 cm³/mol. The maximum absolute atomic E-state index is 12.9. The first-order chi connectivity index (χ1) is 11.8. The van der Waals surface area contributed by atoms with E-state index in [4.69, 9.17) is 9.72 Å². The molecule has 2 aromatic heterocycles. The van der Waals surface area contributed by atoms with Gasteiger partial charge < -0.3 is 9.64 Å². The highest BCUT2D eigenvalue weighted by molar-refractivity contribution is 7.19. The van der Waals surface area contributed by atoms with Crippen LogP contribution in [0.5, 0.6) is 0 Å². The van der Waals surface area contributed by atoms with Gasteiger partial charge in [-0.2, -0.15) is 0 Å². The lowest BCUT2D eigenvalue weighted by molar-refractivity contribution is 0.104. The van der Waals surface area contributed by atoms with Crippen LogP contribution in [0, 0.1) is 0 Å². The van der Waals surface area contributed by atoms with Crippen LogP contribution in [0.15, 0.2) is 47.8 Å². The van der Waals surface area contributed by atoms with Gasteiger partial charge in [0.1, 0.15) is 4.88 Å². The van der Waals surface area contributed by atoms with Gasteiger partial charge in [-0.1, -0.05) is 47.7 Å². The van der Waals surface area contributed by atoms with E-state index < -0.39 is 0 Å². The standard InChI is InChI=1S/C18H16N2O2S2/c21-16(14-7-4-12-23-14)17-15(13-5-2-1-3-6-13)19-18(24-17)20-8-10-22-11-9-20/h1-7,12H,8-11H2. The zero-order valence-electron chi connectivity index (χ0n) is 13.0. The fourth-order valence-corrected chi connectivity index (χ4v) is 4.49. The van der Waals surface area contributed by atoms with Crippen molar-refractivity contribution in [3.05, 3.63) is 57.6 Å². The van der Waals surface area contributed by atoms with Crippen LogP contribution in [0.25, 0.3) is 11.3 Å². The summed E-state index contributed by atoms with van der Waals surface area (Å²) in [4.78, 5) is 21.4. The van der Waals surface area contributed by atoms with Crippen molar-refractivity contribution in [1.29, 1.82) is 0 Å². The van der Waals surface area contributed by atoms with Crippen molar-refractivity contribution in [3.63, 3.8) is 0 Å². The molecule has 1 aromatic carbocycles. The molecule has 0 unspecified atom stereocenters. The Morgan fingerprint density at radius 1 is 1.08 bits per heavy atom. The van der Waals surface area contributed by atoms with E-state index in [2.05, 4.69) is 4.90 Å². The summed E-state index contributed by atoms with van der Waals surface area (Å²) < 4.78 is 5.42. The number of ether oxygens (including phenoxy) is 1. The highest BCUT2D eigenvalue weighted by Crippen LogP contribution is 2.35. The number of aromatic nitrogens is 1. The van der Waals surface area contributed by atoms with Gasteiger partial charge in [-0.25, -0.2) is 4.98 Å². The average molecular weight is 356 g/mol. The lowest BCUT2D eigenvalue weighted by Gasteiger charge is -2.26. The van der Waals surface area contributed by atoms with Crippen molar-refractivity contribution in [2.45, 2.75) is 0 Å². The maximum atomic E-state index is 12.9. The van der Waals surface area contributed by atoms with E-state index in [1.807, 2.05) is 47.8 Å². The van der Waals surface area contributed by atoms with E-state index in [9.17, 15) is 4.79 Å². The third kappa shape index (κ3) is 3.00. The fraction of sp³-hybridized carbons (Fsp3) is 0.222. The highest BCUT2D eigenvalue weighted by Gasteiger charge is 2.24. The van der Waals surface area contributed by atoms with Crippen LogP contribution in [0.2, 0.25) is 0 Å². The van der Waals surface area contributed by atoms with Gasteiger partial charge in [0.2, 0.25) is 5.78 Å². The predicted octanol–water partition coefficient (Wildman–Crippen LogP) is 3.94. The van der Waals surface area contributed by atoms with Crippen molar-refractivity contribution in [1.82, 2.24) is 4.98 Å². The van der Waals surface area contributed by atoms with Crippen molar-refractivity contribution in [3.8, 4) is 11.3 Å². The molecule has 1 saturated heterocycles. The zero-order valence-corrected chi connectivity index (χ0v) is 14.6. The SMILES string of the molecule is O=C(c1cccs1)c1sc(N2CCOCC2)nc1-c1ccccc1. The summed E-state index contributed by atoms with van der Waals surface area (Å²) in [5.74, 6) is 0.0564. The smallest absolute Gasteiger partial charge is 0.215 e. The molecule has 3 aromatic rings. The minimum atomic E-state index is 0.0564. The van der Waals surface area contributed by atoms with Crippen LogP contribution in [0.3, 0.4) is 0 Å². The second kappa shape index (κ2) is 6.84. The van der Waals surface area contributed by atoms with Crippen LogP contribution < -0.4 is 4.90 Å². The Labute approximate surface area is 148 Å². The highest BCUT2D eigenvalue weighted by atomic mass is 32.1. The molecule has 0 spiro atoms. The van der Waals surface area contributed by atoms with E-state index in [1.54, 1.807) is 0 Å². The Hall–Kier alpha value is -2.02. The van der Waals surface area contributed by atoms with Gasteiger partial charge in [-0.3, -0.25) is 4.79 Å². The molecule has 0 amide bonds. The molecule has 0 saturated carbocycles. The maximum Gasteiger partial charge on any atom is 0.215 e. The molecule has 0 atom stereocenters. The first-order valence-electron chi connectivity index (χ1n) is 7.80. The summed E-state index contributed by atoms with van der Waals surface area (Å²) in [7, 11) is 0. The first-order valence-corrected chi connectivity index (χ1v) is 9.49. The van der Waals surface area contributed by atoms with Gasteiger partial charge in [-0.05, 0) is 11.4 Å². The number of hydrogen-bond acceptors (Lipinski definition) is 6. The van der Waals surface area contributed by atoms with Crippen molar-refractivity contribution in [2.24, 2.45) is 0 Å². The lowest BCUT2D eigenvalue weighted by Crippen LogP contribution is -2.36. The van der Waals surface area contributed by atoms with Gasteiger partial charge in [-0.15, -0.1) is 11.3 Å². The molecular formula is C18H16N2O2S2. The van der Waals surface area contributed by atoms with E-state index in [0.717, 1.165) is 34.4 Å². The Bertz CT molecular complexity index is 822. The molecule has 1 aliphatic rings. The number of ketones is 1. The summed E-state index contributed by atoms with van der Waals surface area (Å²) in [6.07, 6.45) is 0. The summed E-state index contributed by atoms with van der Waals surface area (Å²) in [5, 5.41) is 2.83. The average Bonchev–Trinajstić information content (AvgIpc) is 3.33. The molecule has 1 fully saturated rings. The Morgan fingerprint density at radius 3 is 2.58 bits per heavy atom. The zero-order chi connectivity index (χ0) is 16.4. The topological polar surface area (TPSA) is 42.4 Å². The van der Waals surface area contributed by atoms with Crippen molar-refractivity contribution >= 4 is 33.6 Å². The third-order valence-electron chi connectivity index (χ3n) is 3.90. The Morgan fingerprint density at radius 2 is 1.88 bits per heavy atom. The van der Waals surface area contributed by atoms with Gasteiger partial charge in [0.25, 0.3) is 0 Å². The third-order valence-corrected chi connectivity index (χ3v) is 5.88. The molecule has 0 bridgehead atoms. The second-order valence-corrected chi connectivity index (χ2v) is 7.37. The number of thiophene rings is 1. The minimum absolute atomic E-state index is 0.0564. The Balaban J connectivity index is 1.78. The number of rotatable bonds is 4. The number of hydrogen-bond donors (Lipinski definition) is 0. The number of benzene rings is 1. The number of nitrogens with zero attached hydrogens (tertiary/aromatic N) is 2. The second-order valence-electron chi connectivity index (χ2n) is 5.45. The molecule has 6 heteroatoms. The molecular weight excluding hydrogens is 340 g/mol. The molecule has 0 N–H and O–H groups in total. The first kappa shape index (κ1) is 15.5. The molecule has 24 heavy (non-hydrogen) atoms.